The minimum absolute atomic E-state index is 0.260. The number of ether oxygens (including phenoxy) is 1. The van der Waals surface area contributed by atoms with E-state index in [1.54, 1.807) is 0 Å². The summed E-state index contributed by atoms with van der Waals surface area (Å²) in [5.41, 5.74) is -1.99. The zero-order chi connectivity index (χ0) is 23.5. The highest BCUT2D eigenvalue weighted by Gasteiger charge is 2.35. The van der Waals surface area contributed by atoms with E-state index in [0.29, 0.717) is 44.0 Å². The highest BCUT2D eigenvalue weighted by molar-refractivity contribution is 5.97. The van der Waals surface area contributed by atoms with Crippen molar-refractivity contribution in [3.63, 3.8) is 0 Å². The van der Waals surface area contributed by atoms with Gasteiger partial charge in [-0.3, -0.25) is 14.5 Å². The molecule has 1 saturated heterocycles. The molecule has 3 rings (SSSR count). The van der Waals surface area contributed by atoms with Gasteiger partial charge in [-0.1, -0.05) is 6.07 Å². The standard InChI is InChI=1S/C20H23F4N3O5/c1-31-27(11-13-2-3-14(21)10-16(13)20(22,23)24)18(29)15-12-26(19(30)17(15)28)5-4-25-6-8-32-9-7-25/h2-3,10,12,28,30H,4-9,11H2,1H3. The molecule has 0 unspecified atom stereocenters. The summed E-state index contributed by atoms with van der Waals surface area (Å²) < 4.78 is 59.7. The lowest BCUT2D eigenvalue weighted by molar-refractivity contribution is -0.140. The summed E-state index contributed by atoms with van der Waals surface area (Å²) in [6.45, 7) is 2.70. The summed E-state index contributed by atoms with van der Waals surface area (Å²) in [5, 5.41) is 21.0. The van der Waals surface area contributed by atoms with Crippen LogP contribution in [0, 0.1) is 5.82 Å². The van der Waals surface area contributed by atoms with Crippen LogP contribution >= 0.6 is 0 Å². The number of benzene rings is 1. The summed E-state index contributed by atoms with van der Waals surface area (Å²) in [7, 11) is 1.07. The fourth-order valence-corrected chi connectivity index (χ4v) is 3.39. The predicted octanol–water partition coefficient (Wildman–Crippen LogP) is 2.59. The monoisotopic (exact) mass is 461 g/mol. The van der Waals surface area contributed by atoms with E-state index < -0.39 is 47.2 Å². The van der Waals surface area contributed by atoms with Crippen molar-refractivity contribution in [2.75, 3.05) is 40.0 Å². The van der Waals surface area contributed by atoms with Crippen LogP contribution in [0.25, 0.3) is 0 Å². The number of nitrogens with zero attached hydrogens (tertiary/aromatic N) is 3. The number of carbonyl (C=O) groups excluding carboxylic acids is 1. The zero-order valence-electron chi connectivity index (χ0n) is 17.2. The quantitative estimate of drug-likeness (QED) is 0.487. The molecule has 1 aromatic heterocycles. The molecule has 8 nitrogen and oxygen atoms in total. The van der Waals surface area contributed by atoms with E-state index in [1.165, 1.54) is 10.8 Å². The summed E-state index contributed by atoms with van der Waals surface area (Å²) >= 11 is 0. The van der Waals surface area contributed by atoms with Gasteiger partial charge in [0.2, 0.25) is 5.88 Å². The molecule has 176 valence electrons. The average molecular weight is 461 g/mol. The maximum Gasteiger partial charge on any atom is 0.416 e. The Morgan fingerprint density at radius 2 is 1.91 bits per heavy atom. The molecule has 1 aliphatic heterocycles. The van der Waals surface area contributed by atoms with Gasteiger partial charge in [0.05, 0.1) is 32.4 Å². The van der Waals surface area contributed by atoms with Gasteiger partial charge < -0.3 is 19.5 Å². The lowest BCUT2D eigenvalue weighted by atomic mass is 10.1. The van der Waals surface area contributed by atoms with Crippen LogP contribution in [0.4, 0.5) is 17.6 Å². The van der Waals surface area contributed by atoms with Crippen LogP contribution in [0.1, 0.15) is 21.5 Å². The SMILES string of the molecule is CON(Cc1ccc(F)cc1C(F)(F)F)C(=O)c1cn(CCN2CCOCC2)c(O)c1O. The molecule has 0 spiro atoms. The van der Waals surface area contributed by atoms with Crippen molar-refractivity contribution in [1.82, 2.24) is 14.5 Å². The minimum Gasteiger partial charge on any atom is -0.503 e. The van der Waals surface area contributed by atoms with E-state index >= 15 is 0 Å². The number of amides is 1. The molecule has 1 aromatic carbocycles. The topological polar surface area (TPSA) is 87.4 Å². The van der Waals surface area contributed by atoms with Gasteiger partial charge in [-0.15, -0.1) is 0 Å². The minimum atomic E-state index is -4.84. The average Bonchev–Trinajstić information content (AvgIpc) is 3.05. The number of alkyl halides is 3. The Morgan fingerprint density at radius 3 is 2.53 bits per heavy atom. The van der Waals surface area contributed by atoms with Crippen molar-refractivity contribution < 1.29 is 42.1 Å². The zero-order valence-corrected chi connectivity index (χ0v) is 17.2. The fourth-order valence-electron chi connectivity index (χ4n) is 3.39. The molecule has 1 fully saturated rings. The van der Waals surface area contributed by atoms with E-state index in [2.05, 4.69) is 4.90 Å². The Bertz CT molecular complexity index is 957. The van der Waals surface area contributed by atoms with Crippen LogP contribution in [0.3, 0.4) is 0 Å². The molecule has 2 N–H and O–H groups in total. The first kappa shape index (κ1) is 23.8. The van der Waals surface area contributed by atoms with Crippen molar-refractivity contribution in [1.29, 1.82) is 0 Å². The second kappa shape index (κ2) is 9.76. The van der Waals surface area contributed by atoms with Gasteiger partial charge in [-0.2, -0.15) is 13.2 Å². The van der Waals surface area contributed by atoms with Gasteiger partial charge in [-0.25, -0.2) is 9.45 Å². The third-order valence-corrected chi connectivity index (χ3v) is 5.15. The van der Waals surface area contributed by atoms with Gasteiger partial charge in [0, 0.05) is 32.4 Å². The van der Waals surface area contributed by atoms with Crippen LogP contribution in [-0.2, 0) is 28.8 Å². The van der Waals surface area contributed by atoms with Crippen molar-refractivity contribution in [3.05, 3.63) is 46.9 Å². The van der Waals surface area contributed by atoms with Crippen molar-refractivity contribution in [2.45, 2.75) is 19.3 Å². The molecule has 0 saturated carbocycles. The Labute approximate surface area is 181 Å². The molecule has 0 atom stereocenters. The molecule has 1 amide bonds. The molecule has 0 bridgehead atoms. The maximum atomic E-state index is 13.3. The molecule has 12 heteroatoms. The van der Waals surface area contributed by atoms with Crippen LogP contribution in [-0.4, -0.2) is 70.6 Å². The summed E-state index contributed by atoms with van der Waals surface area (Å²) in [6, 6.07) is 2.08. The van der Waals surface area contributed by atoms with Crippen molar-refractivity contribution >= 4 is 5.91 Å². The van der Waals surface area contributed by atoms with Gasteiger partial charge in [0.15, 0.2) is 5.75 Å². The molecule has 32 heavy (non-hydrogen) atoms. The number of rotatable bonds is 7. The second-order valence-electron chi connectivity index (χ2n) is 7.19. The van der Waals surface area contributed by atoms with Crippen LogP contribution in [0.15, 0.2) is 24.4 Å². The fraction of sp³-hybridized carbons (Fsp3) is 0.450. The van der Waals surface area contributed by atoms with E-state index in [-0.39, 0.29) is 12.1 Å². The van der Waals surface area contributed by atoms with Crippen molar-refractivity contribution in [3.8, 4) is 11.6 Å². The Morgan fingerprint density at radius 1 is 1.22 bits per heavy atom. The summed E-state index contributed by atoms with van der Waals surface area (Å²) in [6.07, 6.45) is -3.64. The molecule has 1 aliphatic rings. The molecular weight excluding hydrogens is 438 g/mol. The predicted molar refractivity (Wildman–Crippen MR) is 103 cm³/mol. The first-order chi connectivity index (χ1) is 15.1. The van der Waals surface area contributed by atoms with E-state index in [9.17, 15) is 32.6 Å². The van der Waals surface area contributed by atoms with Gasteiger partial charge >= 0.3 is 6.18 Å². The first-order valence-electron chi connectivity index (χ1n) is 9.74. The number of aromatic hydroxyl groups is 2. The third-order valence-electron chi connectivity index (χ3n) is 5.15. The number of morpholine rings is 1. The van der Waals surface area contributed by atoms with Gasteiger partial charge in [0.1, 0.15) is 11.4 Å². The summed E-state index contributed by atoms with van der Waals surface area (Å²) in [5.74, 6) is -3.30. The summed E-state index contributed by atoms with van der Waals surface area (Å²) in [4.78, 5) is 19.8. The Kier molecular flexibility index (Phi) is 7.26. The third kappa shape index (κ3) is 5.31. The highest BCUT2D eigenvalue weighted by Crippen LogP contribution is 2.35. The van der Waals surface area contributed by atoms with E-state index in [0.717, 1.165) is 19.2 Å². The molecule has 0 radical (unpaired) electrons. The normalized spacial score (nSPS) is 15.2. The van der Waals surface area contributed by atoms with Crippen LogP contribution < -0.4 is 0 Å². The molecule has 2 aromatic rings. The lowest BCUT2D eigenvalue weighted by Crippen LogP contribution is -2.38. The highest BCUT2D eigenvalue weighted by atomic mass is 19.4. The van der Waals surface area contributed by atoms with Crippen LogP contribution in [0.2, 0.25) is 0 Å². The smallest absolute Gasteiger partial charge is 0.416 e. The molecule has 0 aliphatic carbocycles. The number of hydrogen-bond acceptors (Lipinski definition) is 6. The first-order valence-corrected chi connectivity index (χ1v) is 9.74. The number of aromatic nitrogens is 1. The lowest BCUT2D eigenvalue weighted by Gasteiger charge is -2.26. The Balaban J connectivity index is 1.78. The largest absolute Gasteiger partial charge is 0.503 e. The van der Waals surface area contributed by atoms with Crippen LogP contribution in [0.5, 0.6) is 11.6 Å². The van der Waals surface area contributed by atoms with Gasteiger partial charge in [-0.05, 0) is 17.7 Å². The van der Waals surface area contributed by atoms with Gasteiger partial charge in [0.25, 0.3) is 5.91 Å². The van der Waals surface area contributed by atoms with Crippen molar-refractivity contribution in [2.24, 2.45) is 0 Å². The second-order valence-corrected chi connectivity index (χ2v) is 7.19. The van der Waals surface area contributed by atoms with E-state index in [1.807, 2.05) is 0 Å². The Hall–Kier alpha value is -2.83. The number of hydroxylamine groups is 2. The van der Waals surface area contributed by atoms with E-state index in [4.69, 9.17) is 9.57 Å². The number of halogens is 4. The number of hydrogen-bond donors (Lipinski definition) is 2. The maximum absolute atomic E-state index is 13.3. The molecule has 2 heterocycles. The molecular formula is C20H23F4N3O5. The number of carbonyl (C=O) groups is 1.